The maximum absolute atomic E-state index is 10.7. The van der Waals surface area contributed by atoms with Crippen LogP contribution in [0.5, 0.6) is 0 Å². The van der Waals surface area contributed by atoms with Gasteiger partial charge in [-0.15, -0.1) is 0 Å². The molecule has 0 aromatic rings. The van der Waals surface area contributed by atoms with Crippen LogP contribution < -0.4 is 11.1 Å². The largest absolute Gasteiger partial charge is 0.359 e. The van der Waals surface area contributed by atoms with Gasteiger partial charge in [-0.05, 0) is 6.42 Å². The molecule has 0 heterocycles. The zero-order valence-corrected chi connectivity index (χ0v) is 6.68. The van der Waals surface area contributed by atoms with Crippen LogP contribution in [0.25, 0.3) is 0 Å². The molecular weight excluding hydrogens is 128 g/mol. The Morgan fingerprint density at radius 2 is 2.30 bits per heavy atom. The summed E-state index contributed by atoms with van der Waals surface area (Å²) >= 11 is 0. The maximum Gasteiger partial charge on any atom is 0.221 e. The van der Waals surface area contributed by atoms with Gasteiger partial charge in [-0.3, -0.25) is 4.79 Å². The molecule has 3 heteroatoms. The third kappa shape index (κ3) is 4.32. The summed E-state index contributed by atoms with van der Waals surface area (Å²) in [5.74, 6) is 0.0287. The van der Waals surface area contributed by atoms with Crippen molar-refractivity contribution in [3.05, 3.63) is 0 Å². The number of hydrogen-bond donors (Lipinski definition) is 2. The molecule has 10 heavy (non-hydrogen) atoms. The zero-order valence-electron chi connectivity index (χ0n) is 6.68. The molecule has 0 bridgehead atoms. The van der Waals surface area contributed by atoms with Crippen LogP contribution in [0, 0.1) is 0 Å². The summed E-state index contributed by atoms with van der Waals surface area (Å²) in [6.45, 7) is 2.06. The van der Waals surface area contributed by atoms with Gasteiger partial charge in [0.2, 0.25) is 5.91 Å². The second-order valence-electron chi connectivity index (χ2n) is 2.43. The van der Waals surface area contributed by atoms with Crippen molar-refractivity contribution in [1.82, 2.24) is 5.32 Å². The van der Waals surface area contributed by atoms with E-state index in [1.54, 1.807) is 7.05 Å². The fraction of sp³-hybridized carbons (Fsp3) is 0.857. The first-order chi connectivity index (χ1) is 4.70. The fourth-order valence-corrected chi connectivity index (χ4v) is 0.813. The summed E-state index contributed by atoms with van der Waals surface area (Å²) in [5, 5.41) is 2.54. The van der Waals surface area contributed by atoms with Crippen molar-refractivity contribution in [2.45, 2.75) is 32.2 Å². The van der Waals surface area contributed by atoms with Crippen LogP contribution in [0.4, 0.5) is 0 Å². The lowest BCUT2D eigenvalue weighted by atomic mass is 10.1. The standard InChI is InChI=1S/C7H16N2O/c1-3-4-6(8)5-7(10)9-2/h6H,3-5,8H2,1-2H3,(H,9,10). The molecule has 3 nitrogen and oxygen atoms in total. The average Bonchev–Trinajstić information content (AvgIpc) is 1.88. The Balaban J connectivity index is 3.37. The highest BCUT2D eigenvalue weighted by molar-refractivity contribution is 5.76. The van der Waals surface area contributed by atoms with Gasteiger partial charge >= 0.3 is 0 Å². The van der Waals surface area contributed by atoms with Crippen LogP contribution in [-0.2, 0) is 4.79 Å². The van der Waals surface area contributed by atoms with Crippen LogP contribution in [-0.4, -0.2) is 19.0 Å². The molecule has 0 radical (unpaired) electrons. The minimum Gasteiger partial charge on any atom is -0.359 e. The van der Waals surface area contributed by atoms with Crippen LogP contribution >= 0.6 is 0 Å². The predicted molar refractivity (Wildman–Crippen MR) is 41.6 cm³/mol. The first-order valence-corrected chi connectivity index (χ1v) is 3.66. The van der Waals surface area contributed by atoms with E-state index in [1.165, 1.54) is 0 Å². The van der Waals surface area contributed by atoms with E-state index in [2.05, 4.69) is 12.2 Å². The monoisotopic (exact) mass is 144 g/mol. The van der Waals surface area contributed by atoms with Crippen molar-refractivity contribution in [1.29, 1.82) is 0 Å². The minimum absolute atomic E-state index is 0.0287. The van der Waals surface area contributed by atoms with Gasteiger partial charge in [-0.25, -0.2) is 0 Å². The van der Waals surface area contributed by atoms with E-state index in [0.717, 1.165) is 12.8 Å². The fourth-order valence-electron chi connectivity index (χ4n) is 0.813. The Labute approximate surface area is 62.0 Å². The Morgan fingerprint density at radius 3 is 2.70 bits per heavy atom. The van der Waals surface area contributed by atoms with Gasteiger partial charge in [-0.2, -0.15) is 0 Å². The van der Waals surface area contributed by atoms with E-state index >= 15 is 0 Å². The van der Waals surface area contributed by atoms with Crippen molar-refractivity contribution >= 4 is 5.91 Å². The molecule has 1 amide bonds. The molecule has 0 saturated heterocycles. The molecule has 0 aliphatic carbocycles. The number of nitrogens with two attached hydrogens (primary N) is 1. The van der Waals surface area contributed by atoms with E-state index in [1.807, 2.05) is 0 Å². The molecule has 3 N–H and O–H groups in total. The molecule has 0 aliphatic rings. The van der Waals surface area contributed by atoms with Gasteiger partial charge < -0.3 is 11.1 Å². The smallest absolute Gasteiger partial charge is 0.221 e. The summed E-state index contributed by atoms with van der Waals surface area (Å²) in [5.41, 5.74) is 5.60. The second kappa shape index (κ2) is 5.23. The highest BCUT2D eigenvalue weighted by atomic mass is 16.1. The van der Waals surface area contributed by atoms with Crippen molar-refractivity contribution in [2.24, 2.45) is 5.73 Å². The first kappa shape index (κ1) is 9.43. The highest BCUT2D eigenvalue weighted by Crippen LogP contribution is 1.96. The lowest BCUT2D eigenvalue weighted by Gasteiger charge is -2.07. The van der Waals surface area contributed by atoms with Crippen LogP contribution in [0.1, 0.15) is 26.2 Å². The van der Waals surface area contributed by atoms with Gasteiger partial charge in [0.15, 0.2) is 0 Å². The molecule has 0 spiro atoms. The molecular formula is C7H16N2O. The molecule has 0 aromatic carbocycles. The van der Waals surface area contributed by atoms with Gasteiger partial charge in [0.25, 0.3) is 0 Å². The molecule has 0 aliphatic heterocycles. The summed E-state index contributed by atoms with van der Waals surface area (Å²) in [6, 6.07) is 0.0324. The molecule has 0 saturated carbocycles. The van der Waals surface area contributed by atoms with Crippen LogP contribution in [0.15, 0.2) is 0 Å². The SMILES string of the molecule is CCCC(N)CC(=O)NC. The highest BCUT2D eigenvalue weighted by Gasteiger charge is 2.05. The predicted octanol–water partition coefficient (Wildman–Crippen LogP) is 0.250. The average molecular weight is 144 g/mol. The third-order valence-electron chi connectivity index (χ3n) is 1.39. The van der Waals surface area contributed by atoms with E-state index in [0.29, 0.717) is 6.42 Å². The Hall–Kier alpha value is -0.570. The second-order valence-corrected chi connectivity index (χ2v) is 2.43. The van der Waals surface area contributed by atoms with Crippen molar-refractivity contribution < 1.29 is 4.79 Å². The lowest BCUT2D eigenvalue weighted by Crippen LogP contribution is -2.29. The van der Waals surface area contributed by atoms with Gasteiger partial charge in [0, 0.05) is 19.5 Å². The molecule has 1 unspecified atom stereocenters. The van der Waals surface area contributed by atoms with E-state index in [-0.39, 0.29) is 11.9 Å². The maximum atomic E-state index is 10.7. The Morgan fingerprint density at radius 1 is 1.70 bits per heavy atom. The number of hydrogen-bond acceptors (Lipinski definition) is 2. The van der Waals surface area contributed by atoms with Crippen molar-refractivity contribution in [3.63, 3.8) is 0 Å². The normalized spacial score (nSPS) is 12.7. The number of amides is 1. The number of carbonyl (C=O) groups excluding carboxylic acids is 1. The molecule has 1 atom stereocenters. The summed E-state index contributed by atoms with van der Waals surface area (Å²) in [7, 11) is 1.63. The number of carbonyl (C=O) groups is 1. The summed E-state index contributed by atoms with van der Waals surface area (Å²) in [4.78, 5) is 10.7. The third-order valence-corrected chi connectivity index (χ3v) is 1.39. The van der Waals surface area contributed by atoms with E-state index in [4.69, 9.17) is 5.73 Å². The summed E-state index contributed by atoms with van der Waals surface area (Å²) < 4.78 is 0. The molecule has 60 valence electrons. The molecule has 0 fully saturated rings. The topological polar surface area (TPSA) is 55.1 Å². The van der Waals surface area contributed by atoms with Crippen molar-refractivity contribution in [2.75, 3.05) is 7.05 Å². The van der Waals surface area contributed by atoms with Gasteiger partial charge in [0.1, 0.15) is 0 Å². The molecule has 0 aromatic heterocycles. The quantitative estimate of drug-likeness (QED) is 0.594. The zero-order chi connectivity index (χ0) is 7.98. The van der Waals surface area contributed by atoms with Crippen molar-refractivity contribution in [3.8, 4) is 0 Å². The first-order valence-electron chi connectivity index (χ1n) is 3.66. The summed E-state index contributed by atoms with van der Waals surface area (Å²) in [6.07, 6.45) is 2.41. The molecule has 0 rings (SSSR count). The van der Waals surface area contributed by atoms with Crippen LogP contribution in [0.3, 0.4) is 0 Å². The van der Waals surface area contributed by atoms with E-state index < -0.39 is 0 Å². The minimum atomic E-state index is 0.0287. The Bertz CT molecular complexity index is 104. The Kier molecular flexibility index (Phi) is 4.94. The van der Waals surface area contributed by atoms with Gasteiger partial charge in [-0.1, -0.05) is 13.3 Å². The number of rotatable bonds is 4. The van der Waals surface area contributed by atoms with Crippen LogP contribution in [0.2, 0.25) is 0 Å². The number of nitrogens with one attached hydrogen (secondary N) is 1. The lowest BCUT2D eigenvalue weighted by molar-refractivity contribution is -0.120. The van der Waals surface area contributed by atoms with E-state index in [9.17, 15) is 4.79 Å². The van der Waals surface area contributed by atoms with Gasteiger partial charge in [0.05, 0.1) is 0 Å².